The fraction of sp³-hybridized carbons (Fsp3) is 0.235. The van der Waals surface area contributed by atoms with Gasteiger partial charge in [0.2, 0.25) is 0 Å². The van der Waals surface area contributed by atoms with Crippen molar-refractivity contribution < 1.29 is 13.9 Å². The summed E-state index contributed by atoms with van der Waals surface area (Å²) in [5, 5.41) is 0. The fourth-order valence-corrected chi connectivity index (χ4v) is 2.06. The highest BCUT2D eigenvalue weighted by Crippen LogP contribution is 2.13. The number of amides is 1. The van der Waals surface area contributed by atoms with Gasteiger partial charge in [0, 0.05) is 20.2 Å². The third-order valence-electron chi connectivity index (χ3n) is 3.17. The maximum absolute atomic E-state index is 13.8. The van der Waals surface area contributed by atoms with E-state index in [1.54, 1.807) is 24.1 Å². The number of ether oxygens (including phenoxy) is 1. The molecule has 4 heteroatoms. The van der Waals surface area contributed by atoms with Crippen LogP contribution in [-0.4, -0.2) is 31.1 Å². The van der Waals surface area contributed by atoms with Crippen LogP contribution >= 0.6 is 0 Å². The second-order valence-corrected chi connectivity index (χ2v) is 4.68. The molecule has 2 rings (SSSR count). The van der Waals surface area contributed by atoms with E-state index in [9.17, 15) is 9.18 Å². The molecule has 2 aromatic carbocycles. The van der Waals surface area contributed by atoms with E-state index in [0.717, 1.165) is 5.56 Å². The number of halogens is 1. The monoisotopic (exact) mass is 287 g/mol. The van der Waals surface area contributed by atoms with Crippen LogP contribution in [0.5, 0.6) is 0 Å². The molecule has 0 atom stereocenters. The van der Waals surface area contributed by atoms with E-state index in [2.05, 4.69) is 0 Å². The van der Waals surface area contributed by atoms with Crippen molar-refractivity contribution in [1.82, 2.24) is 4.90 Å². The molecule has 110 valence electrons. The molecule has 0 aromatic heterocycles. The van der Waals surface area contributed by atoms with Crippen molar-refractivity contribution in [2.75, 3.05) is 20.3 Å². The summed E-state index contributed by atoms with van der Waals surface area (Å²) < 4.78 is 18.8. The number of carbonyl (C=O) groups is 1. The minimum Gasteiger partial charge on any atom is -0.383 e. The van der Waals surface area contributed by atoms with Gasteiger partial charge in [-0.3, -0.25) is 4.79 Å². The van der Waals surface area contributed by atoms with Crippen LogP contribution in [0.2, 0.25) is 0 Å². The van der Waals surface area contributed by atoms with Crippen molar-refractivity contribution in [3.05, 3.63) is 71.5 Å². The lowest BCUT2D eigenvalue weighted by Crippen LogP contribution is -2.34. The molecular formula is C17H18FNO2. The molecule has 1 amide bonds. The van der Waals surface area contributed by atoms with Gasteiger partial charge in [0.1, 0.15) is 5.82 Å². The molecule has 0 radical (unpaired) electrons. The van der Waals surface area contributed by atoms with E-state index in [4.69, 9.17) is 4.74 Å². The molecule has 0 heterocycles. The van der Waals surface area contributed by atoms with Gasteiger partial charge in [0.25, 0.3) is 5.91 Å². The topological polar surface area (TPSA) is 29.5 Å². The van der Waals surface area contributed by atoms with Crippen molar-refractivity contribution in [2.24, 2.45) is 0 Å². The molecule has 0 N–H and O–H groups in total. The summed E-state index contributed by atoms with van der Waals surface area (Å²) in [6.45, 7) is 1.25. The zero-order valence-corrected chi connectivity index (χ0v) is 12.0. The van der Waals surface area contributed by atoms with Crippen molar-refractivity contribution in [3.63, 3.8) is 0 Å². The third-order valence-corrected chi connectivity index (χ3v) is 3.17. The van der Waals surface area contributed by atoms with Gasteiger partial charge in [0.15, 0.2) is 0 Å². The molecule has 21 heavy (non-hydrogen) atoms. The molecule has 2 aromatic rings. The Morgan fingerprint density at radius 3 is 2.43 bits per heavy atom. The third kappa shape index (κ3) is 4.13. The number of nitrogens with zero attached hydrogens (tertiary/aromatic N) is 1. The summed E-state index contributed by atoms with van der Waals surface area (Å²) in [6.07, 6.45) is 0. The molecule has 0 unspecified atom stereocenters. The first-order valence-corrected chi connectivity index (χ1v) is 6.79. The van der Waals surface area contributed by atoms with E-state index in [0.29, 0.717) is 19.7 Å². The van der Waals surface area contributed by atoms with E-state index in [1.165, 1.54) is 12.1 Å². The van der Waals surface area contributed by atoms with E-state index < -0.39 is 5.82 Å². The highest BCUT2D eigenvalue weighted by molar-refractivity contribution is 5.94. The predicted molar refractivity (Wildman–Crippen MR) is 79.5 cm³/mol. The predicted octanol–water partition coefficient (Wildman–Crippen LogP) is 3.11. The van der Waals surface area contributed by atoms with Crippen LogP contribution in [0.1, 0.15) is 15.9 Å². The second kappa shape index (κ2) is 7.55. The van der Waals surface area contributed by atoms with Crippen LogP contribution in [0, 0.1) is 5.82 Å². The molecule has 0 spiro atoms. The summed E-state index contributed by atoms with van der Waals surface area (Å²) in [5.74, 6) is -0.827. The molecule has 0 bridgehead atoms. The number of methoxy groups -OCH3 is 1. The molecule has 3 nitrogen and oxygen atoms in total. The van der Waals surface area contributed by atoms with Gasteiger partial charge in [-0.05, 0) is 17.7 Å². The lowest BCUT2D eigenvalue weighted by atomic mass is 10.1. The Kier molecular flexibility index (Phi) is 5.46. The van der Waals surface area contributed by atoms with E-state index in [1.807, 2.05) is 30.3 Å². The van der Waals surface area contributed by atoms with Crippen molar-refractivity contribution in [1.29, 1.82) is 0 Å². The standard InChI is InChI=1S/C17H18FNO2/c1-21-12-11-19(13-14-7-3-2-4-8-14)17(20)15-9-5-6-10-16(15)18/h2-10H,11-13H2,1H3. The Morgan fingerprint density at radius 2 is 1.76 bits per heavy atom. The molecule has 0 aliphatic heterocycles. The molecule has 0 aliphatic rings. The van der Waals surface area contributed by atoms with Gasteiger partial charge in [-0.1, -0.05) is 42.5 Å². The Labute approximate surface area is 124 Å². The first kappa shape index (κ1) is 15.2. The Hall–Kier alpha value is -2.20. The number of hydrogen-bond acceptors (Lipinski definition) is 2. The Bertz CT molecular complexity index is 586. The summed E-state index contributed by atoms with van der Waals surface area (Å²) in [4.78, 5) is 14.1. The van der Waals surface area contributed by atoms with Crippen molar-refractivity contribution >= 4 is 5.91 Å². The molecule has 0 fully saturated rings. The normalized spacial score (nSPS) is 10.4. The highest BCUT2D eigenvalue weighted by atomic mass is 19.1. The lowest BCUT2D eigenvalue weighted by Gasteiger charge is -2.23. The Balaban J connectivity index is 2.19. The minimum atomic E-state index is -0.502. The average Bonchev–Trinajstić information content (AvgIpc) is 2.52. The summed E-state index contributed by atoms with van der Waals surface area (Å²) in [7, 11) is 1.58. The van der Waals surface area contributed by atoms with Crippen LogP contribution in [0.15, 0.2) is 54.6 Å². The molecule has 0 saturated heterocycles. The number of rotatable bonds is 6. The summed E-state index contributed by atoms with van der Waals surface area (Å²) in [6, 6.07) is 15.7. The number of hydrogen-bond donors (Lipinski definition) is 0. The van der Waals surface area contributed by atoms with Crippen molar-refractivity contribution in [3.8, 4) is 0 Å². The van der Waals surface area contributed by atoms with Crippen LogP contribution in [0.25, 0.3) is 0 Å². The second-order valence-electron chi connectivity index (χ2n) is 4.68. The van der Waals surface area contributed by atoms with Gasteiger partial charge in [-0.25, -0.2) is 4.39 Å². The first-order valence-electron chi connectivity index (χ1n) is 6.79. The zero-order valence-electron chi connectivity index (χ0n) is 12.0. The quantitative estimate of drug-likeness (QED) is 0.817. The van der Waals surface area contributed by atoms with Gasteiger partial charge in [0.05, 0.1) is 12.2 Å². The zero-order chi connectivity index (χ0) is 15.1. The smallest absolute Gasteiger partial charge is 0.257 e. The SMILES string of the molecule is COCCN(Cc1ccccc1)C(=O)c1ccccc1F. The lowest BCUT2D eigenvalue weighted by molar-refractivity contribution is 0.0676. The van der Waals surface area contributed by atoms with Gasteiger partial charge < -0.3 is 9.64 Å². The van der Waals surface area contributed by atoms with Crippen LogP contribution < -0.4 is 0 Å². The summed E-state index contributed by atoms with van der Waals surface area (Å²) >= 11 is 0. The largest absolute Gasteiger partial charge is 0.383 e. The van der Waals surface area contributed by atoms with Gasteiger partial charge >= 0.3 is 0 Å². The maximum atomic E-state index is 13.8. The van der Waals surface area contributed by atoms with Crippen molar-refractivity contribution in [2.45, 2.75) is 6.54 Å². The van der Waals surface area contributed by atoms with E-state index in [-0.39, 0.29) is 11.5 Å². The molecule has 0 saturated carbocycles. The average molecular weight is 287 g/mol. The van der Waals surface area contributed by atoms with Gasteiger partial charge in [-0.2, -0.15) is 0 Å². The Morgan fingerprint density at radius 1 is 1.10 bits per heavy atom. The van der Waals surface area contributed by atoms with Gasteiger partial charge in [-0.15, -0.1) is 0 Å². The fourth-order valence-electron chi connectivity index (χ4n) is 2.06. The number of benzene rings is 2. The molecular weight excluding hydrogens is 269 g/mol. The highest BCUT2D eigenvalue weighted by Gasteiger charge is 2.18. The molecule has 0 aliphatic carbocycles. The maximum Gasteiger partial charge on any atom is 0.257 e. The summed E-state index contributed by atoms with van der Waals surface area (Å²) in [5.41, 5.74) is 1.09. The first-order chi connectivity index (χ1) is 10.2. The van der Waals surface area contributed by atoms with Crippen LogP contribution in [0.4, 0.5) is 4.39 Å². The van der Waals surface area contributed by atoms with E-state index >= 15 is 0 Å². The number of carbonyl (C=O) groups excluding carboxylic acids is 1. The van der Waals surface area contributed by atoms with Crippen LogP contribution in [0.3, 0.4) is 0 Å². The minimum absolute atomic E-state index is 0.0875. The van der Waals surface area contributed by atoms with Crippen LogP contribution in [-0.2, 0) is 11.3 Å².